The number of hydrogen-bond donors (Lipinski definition) is 2. The van der Waals surface area contributed by atoms with Crippen LogP contribution in [-0.2, 0) is 10.0 Å². The molecule has 0 unspecified atom stereocenters. The molecule has 2 aromatic rings. The quantitative estimate of drug-likeness (QED) is 0.742. The Balaban J connectivity index is 1.80. The lowest BCUT2D eigenvalue weighted by molar-refractivity contribution is 0.0910. The summed E-state index contributed by atoms with van der Waals surface area (Å²) < 4.78 is 33.5. The van der Waals surface area contributed by atoms with Gasteiger partial charge in [-0.25, -0.2) is 8.42 Å². The summed E-state index contributed by atoms with van der Waals surface area (Å²) in [6.07, 6.45) is 4.36. The van der Waals surface area contributed by atoms with E-state index in [2.05, 4.69) is 17.0 Å². The molecular weight excluding hydrogens is 388 g/mol. The number of anilines is 1. The lowest BCUT2D eigenvalue weighted by Gasteiger charge is -2.29. The number of hydrogen-bond acceptors (Lipinski definition) is 4. The van der Waals surface area contributed by atoms with Crippen molar-refractivity contribution in [1.82, 2.24) is 5.32 Å². The third-order valence-corrected chi connectivity index (χ3v) is 7.03. The number of nitrogens with one attached hydrogen (secondary N) is 2. The summed E-state index contributed by atoms with van der Waals surface area (Å²) in [6.45, 7) is 3.86. The number of ether oxygens (including phenoxy) is 1. The van der Waals surface area contributed by atoms with E-state index in [1.807, 2.05) is 0 Å². The van der Waals surface area contributed by atoms with E-state index < -0.39 is 10.0 Å². The van der Waals surface area contributed by atoms with Gasteiger partial charge >= 0.3 is 0 Å². The van der Waals surface area contributed by atoms with Crippen molar-refractivity contribution in [3.63, 3.8) is 0 Å². The molecule has 7 heteroatoms. The number of carbonyl (C=O) groups excluding carboxylic acids is 1. The van der Waals surface area contributed by atoms with Crippen molar-refractivity contribution in [2.75, 3.05) is 11.8 Å². The highest BCUT2D eigenvalue weighted by Crippen LogP contribution is 2.25. The Morgan fingerprint density at radius 1 is 1.07 bits per heavy atom. The average molecular weight is 417 g/mol. The third kappa shape index (κ3) is 5.09. The number of carbonyl (C=O) groups is 1. The highest BCUT2D eigenvalue weighted by molar-refractivity contribution is 7.92. The second-order valence-corrected chi connectivity index (χ2v) is 9.31. The topological polar surface area (TPSA) is 84.5 Å². The van der Waals surface area contributed by atoms with Crippen LogP contribution in [0.15, 0.2) is 47.4 Å². The van der Waals surface area contributed by atoms with Crippen LogP contribution in [0.4, 0.5) is 5.69 Å². The van der Waals surface area contributed by atoms with Crippen molar-refractivity contribution < 1.29 is 17.9 Å². The molecule has 2 atom stereocenters. The van der Waals surface area contributed by atoms with Gasteiger partial charge in [0, 0.05) is 17.3 Å². The van der Waals surface area contributed by atoms with E-state index in [-0.39, 0.29) is 16.8 Å². The van der Waals surface area contributed by atoms with Crippen molar-refractivity contribution in [1.29, 1.82) is 0 Å². The van der Waals surface area contributed by atoms with Gasteiger partial charge in [-0.2, -0.15) is 0 Å². The largest absolute Gasteiger partial charge is 0.497 e. The first-order valence-corrected chi connectivity index (χ1v) is 11.4. The fraction of sp³-hybridized carbons (Fsp3) is 0.409. The second-order valence-electron chi connectivity index (χ2n) is 7.66. The predicted molar refractivity (Wildman–Crippen MR) is 114 cm³/mol. The van der Waals surface area contributed by atoms with E-state index in [0.717, 1.165) is 19.3 Å². The minimum atomic E-state index is -3.83. The maximum atomic E-state index is 12.9. The molecule has 29 heavy (non-hydrogen) atoms. The smallest absolute Gasteiger partial charge is 0.262 e. The van der Waals surface area contributed by atoms with Gasteiger partial charge in [-0.15, -0.1) is 0 Å². The van der Waals surface area contributed by atoms with Gasteiger partial charge in [-0.3, -0.25) is 9.52 Å². The molecule has 1 aliphatic carbocycles. The fourth-order valence-corrected chi connectivity index (χ4v) is 5.01. The zero-order valence-corrected chi connectivity index (χ0v) is 17.9. The standard InChI is InChI=1S/C22H28N2O4S/c1-15-6-4-5-7-20(15)23-22(25)17-9-8-16(2)21(14-17)29(26,27)24-18-10-12-19(28-3)13-11-18/h8-15,20,24H,4-7H2,1-3H3,(H,23,25)/t15-,20-/m1/s1. The Morgan fingerprint density at radius 3 is 2.41 bits per heavy atom. The Labute approximate surface area is 172 Å². The molecule has 0 radical (unpaired) electrons. The van der Waals surface area contributed by atoms with Crippen LogP contribution in [0.3, 0.4) is 0 Å². The number of rotatable bonds is 6. The fourth-order valence-electron chi connectivity index (χ4n) is 3.68. The first-order valence-electron chi connectivity index (χ1n) is 9.88. The molecule has 3 rings (SSSR count). The maximum absolute atomic E-state index is 12.9. The van der Waals surface area contributed by atoms with Crippen LogP contribution < -0.4 is 14.8 Å². The van der Waals surface area contributed by atoms with Crippen molar-refractivity contribution in [3.8, 4) is 5.75 Å². The SMILES string of the molecule is COc1ccc(NS(=O)(=O)c2cc(C(=O)N[C@@H]3CCCC[C@H]3C)ccc2C)cc1. The van der Waals surface area contributed by atoms with Gasteiger partial charge in [0.05, 0.1) is 12.0 Å². The first kappa shape index (κ1) is 21.2. The summed E-state index contributed by atoms with van der Waals surface area (Å²) in [5, 5.41) is 3.08. The van der Waals surface area contributed by atoms with Crippen LogP contribution in [0, 0.1) is 12.8 Å². The molecule has 2 aromatic carbocycles. The molecule has 1 aliphatic rings. The van der Waals surface area contributed by atoms with E-state index in [0.29, 0.717) is 28.5 Å². The van der Waals surface area contributed by atoms with Crippen molar-refractivity contribution in [2.45, 2.75) is 50.5 Å². The zero-order valence-electron chi connectivity index (χ0n) is 17.1. The van der Waals surface area contributed by atoms with E-state index in [9.17, 15) is 13.2 Å². The second kappa shape index (κ2) is 8.86. The molecule has 0 saturated heterocycles. The summed E-state index contributed by atoms with van der Waals surface area (Å²) in [6, 6.07) is 11.5. The molecule has 156 valence electrons. The van der Waals surface area contributed by atoms with Crippen LogP contribution in [0.25, 0.3) is 0 Å². The Kier molecular flexibility index (Phi) is 6.47. The number of aryl methyl sites for hydroxylation is 1. The van der Waals surface area contributed by atoms with E-state index in [1.54, 1.807) is 50.4 Å². The molecule has 1 fully saturated rings. The van der Waals surface area contributed by atoms with E-state index in [4.69, 9.17) is 4.74 Å². The number of benzene rings is 2. The summed E-state index contributed by atoms with van der Waals surface area (Å²) in [5.74, 6) is 0.836. The minimum Gasteiger partial charge on any atom is -0.497 e. The minimum absolute atomic E-state index is 0.0951. The van der Waals surface area contributed by atoms with Gasteiger partial charge in [0.25, 0.3) is 15.9 Å². The molecule has 0 spiro atoms. The Bertz CT molecular complexity index is 971. The van der Waals surface area contributed by atoms with E-state index >= 15 is 0 Å². The Morgan fingerprint density at radius 2 is 1.76 bits per heavy atom. The molecule has 2 N–H and O–H groups in total. The van der Waals surface area contributed by atoms with Gasteiger partial charge in [0.15, 0.2) is 0 Å². The van der Waals surface area contributed by atoms with Crippen LogP contribution in [0.1, 0.15) is 48.5 Å². The molecule has 0 aliphatic heterocycles. The summed E-state index contributed by atoms with van der Waals surface area (Å²) in [5.41, 5.74) is 1.35. The summed E-state index contributed by atoms with van der Waals surface area (Å²) in [7, 11) is -2.29. The van der Waals surface area contributed by atoms with Gasteiger partial charge in [-0.05, 0) is 67.6 Å². The van der Waals surface area contributed by atoms with Crippen LogP contribution >= 0.6 is 0 Å². The normalized spacial score (nSPS) is 19.4. The average Bonchev–Trinajstić information content (AvgIpc) is 2.70. The number of amides is 1. The van der Waals surface area contributed by atoms with Crippen LogP contribution in [0.5, 0.6) is 5.75 Å². The predicted octanol–water partition coefficient (Wildman–Crippen LogP) is 4.11. The molecule has 0 bridgehead atoms. The molecule has 0 heterocycles. The number of sulfonamides is 1. The summed E-state index contributed by atoms with van der Waals surface area (Å²) >= 11 is 0. The highest BCUT2D eigenvalue weighted by Gasteiger charge is 2.24. The lowest BCUT2D eigenvalue weighted by atomic mass is 9.86. The molecular formula is C22H28N2O4S. The Hall–Kier alpha value is -2.54. The highest BCUT2D eigenvalue weighted by atomic mass is 32.2. The summed E-state index contributed by atoms with van der Waals surface area (Å²) in [4.78, 5) is 12.8. The zero-order chi connectivity index (χ0) is 21.0. The van der Waals surface area contributed by atoms with Gasteiger partial charge < -0.3 is 10.1 Å². The van der Waals surface area contributed by atoms with Crippen molar-refractivity contribution in [2.24, 2.45) is 5.92 Å². The molecule has 0 aromatic heterocycles. The number of methoxy groups -OCH3 is 1. The van der Waals surface area contributed by atoms with Gasteiger partial charge in [0.1, 0.15) is 5.75 Å². The van der Waals surface area contributed by atoms with Crippen molar-refractivity contribution in [3.05, 3.63) is 53.6 Å². The van der Waals surface area contributed by atoms with Crippen molar-refractivity contribution >= 4 is 21.6 Å². The monoisotopic (exact) mass is 416 g/mol. The maximum Gasteiger partial charge on any atom is 0.262 e. The van der Waals surface area contributed by atoms with Crippen LogP contribution in [0.2, 0.25) is 0 Å². The molecule has 1 saturated carbocycles. The van der Waals surface area contributed by atoms with Gasteiger partial charge in [0.2, 0.25) is 0 Å². The third-order valence-electron chi connectivity index (χ3n) is 5.51. The molecule has 6 nitrogen and oxygen atoms in total. The van der Waals surface area contributed by atoms with Crippen LogP contribution in [-0.4, -0.2) is 27.5 Å². The van der Waals surface area contributed by atoms with E-state index in [1.165, 1.54) is 12.5 Å². The lowest BCUT2D eigenvalue weighted by Crippen LogP contribution is -2.41. The molecule has 1 amide bonds. The first-order chi connectivity index (χ1) is 13.8. The van der Waals surface area contributed by atoms with Gasteiger partial charge in [-0.1, -0.05) is 25.8 Å².